The van der Waals surface area contributed by atoms with E-state index in [9.17, 15) is 4.79 Å². The number of carbonyl (C=O) groups is 1. The van der Waals surface area contributed by atoms with Crippen molar-refractivity contribution in [2.24, 2.45) is 0 Å². The second-order valence-electron chi connectivity index (χ2n) is 5.42. The molecule has 0 aliphatic heterocycles. The van der Waals surface area contributed by atoms with Gasteiger partial charge in [-0.1, -0.05) is 17.7 Å². The van der Waals surface area contributed by atoms with Crippen LogP contribution in [0.15, 0.2) is 54.6 Å². The molecule has 0 bridgehead atoms. The molecule has 0 radical (unpaired) electrons. The highest BCUT2D eigenvalue weighted by Crippen LogP contribution is 2.27. The first-order chi connectivity index (χ1) is 13.1. The number of ether oxygens (including phenoxy) is 1. The summed E-state index contributed by atoms with van der Waals surface area (Å²) in [6, 6.07) is 17.1. The minimum absolute atomic E-state index is 0.151. The number of anilines is 3. The zero-order valence-electron chi connectivity index (χ0n) is 14.2. The molecule has 3 rings (SSSR count). The molecule has 1 heterocycles. The lowest BCUT2D eigenvalue weighted by atomic mass is 10.2. The van der Waals surface area contributed by atoms with Crippen LogP contribution in [-0.4, -0.2) is 23.2 Å². The summed E-state index contributed by atoms with van der Waals surface area (Å²) in [5.74, 6) is 0.557. The van der Waals surface area contributed by atoms with Crippen LogP contribution in [-0.2, 0) is 0 Å². The Kier molecular flexibility index (Phi) is 5.50. The van der Waals surface area contributed by atoms with Crippen molar-refractivity contribution in [3.05, 3.63) is 70.9 Å². The number of amides is 1. The summed E-state index contributed by atoms with van der Waals surface area (Å²) >= 11 is 6.05. The number of nitrogens with zero attached hydrogens (tertiary/aromatic N) is 3. The number of nitrogens with one attached hydrogen (secondary N) is 2. The van der Waals surface area contributed by atoms with Crippen molar-refractivity contribution in [2.45, 2.75) is 0 Å². The van der Waals surface area contributed by atoms with Gasteiger partial charge in [0.05, 0.1) is 23.8 Å². The Labute approximate surface area is 160 Å². The fourth-order valence-corrected chi connectivity index (χ4v) is 2.53. The van der Waals surface area contributed by atoms with E-state index in [1.807, 2.05) is 0 Å². The van der Waals surface area contributed by atoms with Gasteiger partial charge < -0.3 is 15.4 Å². The Balaban J connectivity index is 1.68. The molecule has 0 fully saturated rings. The third kappa shape index (κ3) is 4.51. The third-order valence-corrected chi connectivity index (χ3v) is 3.87. The van der Waals surface area contributed by atoms with E-state index < -0.39 is 5.91 Å². The van der Waals surface area contributed by atoms with Crippen LogP contribution in [0.3, 0.4) is 0 Å². The van der Waals surface area contributed by atoms with Crippen LogP contribution < -0.4 is 15.4 Å². The van der Waals surface area contributed by atoms with Gasteiger partial charge in [-0.3, -0.25) is 4.79 Å². The van der Waals surface area contributed by atoms with Gasteiger partial charge in [0.2, 0.25) is 0 Å². The van der Waals surface area contributed by atoms with E-state index in [-0.39, 0.29) is 5.69 Å². The van der Waals surface area contributed by atoms with Crippen molar-refractivity contribution in [3.63, 3.8) is 0 Å². The maximum Gasteiger partial charge on any atom is 0.276 e. The molecule has 0 atom stereocenters. The first kappa shape index (κ1) is 18.2. The zero-order chi connectivity index (χ0) is 19.2. The molecule has 0 unspecified atom stereocenters. The van der Waals surface area contributed by atoms with Crippen molar-refractivity contribution in [3.8, 4) is 11.8 Å². The zero-order valence-corrected chi connectivity index (χ0v) is 15.0. The smallest absolute Gasteiger partial charge is 0.276 e. The van der Waals surface area contributed by atoms with Crippen molar-refractivity contribution < 1.29 is 9.53 Å². The van der Waals surface area contributed by atoms with Crippen LogP contribution in [0.25, 0.3) is 0 Å². The van der Waals surface area contributed by atoms with E-state index in [0.29, 0.717) is 33.5 Å². The molecular weight excluding hydrogens is 366 g/mol. The number of methoxy groups -OCH3 is 1. The molecule has 3 aromatic rings. The van der Waals surface area contributed by atoms with E-state index in [1.54, 1.807) is 54.6 Å². The lowest BCUT2D eigenvalue weighted by molar-refractivity contribution is 0.102. The van der Waals surface area contributed by atoms with E-state index in [2.05, 4.69) is 26.9 Å². The van der Waals surface area contributed by atoms with Gasteiger partial charge in [-0.05, 0) is 48.5 Å². The predicted octanol–water partition coefficient (Wildman–Crippen LogP) is 4.01. The summed E-state index contributed by atoms with van der Waals surface area (Å²) in [6.45, 7) is 0. The highest BCUT2D eigenvalue weighted by atomic mass is 35.5. The molecule has 0 saturated carbocycles. The summed E-state index contributed by atoms with van der Waals surface area (Å²) in [6.07, 6.45) is 0. The molecule has 134 valence electrons. The summed E-state index contributed by atoms with van der Waals surface area (Å²) in [7, 11) is 1.52. The van der Waals surface area contributed by atoms with Gasteiger partial charge in [-0.25, -0.2) is 0 Å². The Hall–Kier alpha value is -3.63. The van der Waals surface area contributed by atoms with Crippen LogP contribution >= 0.6 is 11.6 Å². The molecule has 1 amide bonds. The van der Waals surface area contributed by atoms with Gasteiger partial charge in [-0.15, -0.1) is 10.2 Å². The first-order valence-electron chi connectivity index (χ1n) is 7.85. The van der Waals surface area contributed by atoms with Gasteiger partial charge in [0, 0.05) is 11.4 Å². The molecular formula is C19H14ClN5O2. The Morgan fingerprint density at radius 2 is 1.96 bits per heavy atom. The second kappa shape index (κ2) is 8.17. The maximum absolute atomic E-state index is 12.3. The minimum atomic E-state index is -0.415. The van der Waals surface area contributed by atoms with Crippen molar-refractivity contribution in [1.29, 1.82) is 5.26 Å². The fraction of sp³-hybridized carbons (Fsp3) is 0.0526. The van der Waals surface area contributed by atoms with E-state index in [0.717, 1.165) is 0 Å². The molecule has 0 aliphatic rings. The number of nitriles is 1. The van der Waals surface area contributed by atoms with Crippen LogP contribution in [0, 0.1) is 11.3 Å². The lowest BCUT2D eigenvalue weighted by Gasteiger charge is -2.08. The number of carbonyl (C=O) groups excluding carboxylic acids is 1. The molecule has 0 spiro atoms. The van der Waals surface area contributed by atoms with Gasteiger partial charge in [0.25, 0.3) is 5.91 Å². The van der Waals surface area contributed by atoms with E-state index >= 15 is 0 Å². The normalized spacial score (nSPS) is 9.96. The topological polar surface area (TPSA) is 99.9 Å². The summed E-state index contributed by atoms with van der Waals surface area (Å²) in [5, 5.41) is 22.9. The average Bonchev–Trinajstić information content (AvgIpc) is 2.69. The second-order valence-corrected chi connectivity index (χ2v) is 5.83. The number of aromatic nitrogens is 2. The number of benzene rings is 2. The molecule has 7 nitrogen and oxygen atoms in total. The SMILES string of the molecule is COc1ccc(NC(=O)c2ccc(Nc3cccc(C#N)c3)nn2)cc1Cl. The van der Waals surface area contributed by atoms with Gasteiger partial charge in [-0.2, -0.15) is 5.26 Å². The number of hydrogen-bond donors (Lipinski definition) is 2. The number of halogens is 1. The van der Waals surface area contributed by atoms with Crippen molar-refractivity contribution in [1.82, 2.24) is 10.2 Å². The molecule has 2 N–H and O–H groups in total. The van der Waals surface area contributed by atoms with Crippen LogP contribution in [0.5, 0.6) is 5.75 Å². The number of rotatable bonds is 5. The molecule has 8 heteroatoms. The Morgan fingerprint density at radius 1 is 1.11 bits per heavy atom. The maximum atomic E-state index is 12.3. The van der Waals surface area contributed by atoms with Gasteiger partial charge >= 0.3 is 0 Å². The highest BCUT2D eigenvalue weighted by molar-refractivity contribution is 6.32. The molecule has 2 aromatic carbocycles. The monoisotopic (exact) mass is 379 g/mol. The summed E-state index contributed by atoms with van der Waals surface area (Å²) in [5.41, 5.74) is 1.90. The van der Waals surface area contributed by atoms with E-state index in [4.69, 9.17) is 21.6 Å². The van der Waals surface area contributed by atoms with E-state index in [1.165, 1.54) is 7.11 Å². The molecule has 27 heavy (non-hydrogen) atoms. The van der Waals surface area contributed by atoms with Crippen LogP contribution in [0.1, 0.15) is 16.1 Å². The predicted molar refractivity (Wildman–Crippen MR) is 102 cm³/mol. The molecule has 1 aromatic heterocycles. The van der Waals surface area contributed by atoms with Gasteiger partial charge in [0.1, 0.15) is 5.75 Å². The standard InChI is InChI=1S/C19H14ClN5O2/c1-27-17-7-5-14(10-15(17)20)23-19(26)16-6-8-18(25-24-16)22-13-4-2-3-12(9-13)11-21/h2-10H,1H3,(H,22,25)(H,23,26). The first-order valence-corrected chi connectivity index (χ1v) is 8.22. The largest absolute Gasteiger partial charge is 0.495 e. The summed E-state index contributed by atoms with van der Waals surface area (Å²) < 4.78 is 5.07. The minimum Gasteiger partial charge on any atom is -0.495 e. The Bertz CT molecular complexity index is 1020. The van der Waals surface area contributed by atoms with Crippen molar-refractivity contribution >= 4 is 34.7 Å². The highest BCUT2D eigenvalue weighted by Gasteiger charge is 2.10. The van der Waals surface area contributed by atoms with Crippen LogP contribution in [0.4, 0.5) is 17.2 Å². The summed E-state index contributed by atoms with van der Waals surface area (Å²) in [4.78, 5) is 12.3. The van der Waals surface area contributed by atoms with Crippen molar-refractivity contribution in [2.75, 3.05) is 17.7 Å². The third-order valence-electron chi connectivity index (χ3n) is 3.57. The quantitative estimate of drug-likeness (QED) is 0.694. The number of hydrogen-bond acceptors (Lipinski definition) is 6. The lowest BCUT2D eigenvalue weighted by Crippen LogP contribution is -2.14. The van der Waals surface area contributed by atoms with Gasteiger partial charge in [0.15, 0.2) is 11.5 Å². The Morgan fingerprint density at radius 3 is 2.63 bits per heavy atom. The van der Waals surface area contributed by atoms with Crippen LogP contribution in [0.2, 0.25) is 5.02 Å². The average molecular weight is 380 g/mol. The molecule has 0 saturated heterocycles. The fourth-order valence-electron chi connectivity index (χ4n) is 2.27. The molecule has 0 aliphatic carbocycles.